The zero-order chi connectivity index (χ0) is 7.68. The summed E-state index contributed by atoms with van der Waals surface area (Å²) in [7, 11) is 0. The van der Waals surface area contributed by atoms with Crippen LogP contribution in [0.3, 0.4) is 0 Å². The predicted molar refractivity (Wildman–Crippen MR) is 39.8 cm³/mol. The zero-order valence-corrected chi connectivity index (χ0v) is 6.14. The highest BCUT2D eigenvalue weighted by Crippen LogP contribution is 2.23. The van der Waals surface area contributed by atoms with Crippen LogP contribution in [0.25, 0.3) is 0 Å². The van der Waals surface area contributed by atoms with Gasteiger partial charge in [-0.25, -0.2) is 4.84 Å². The summed E-state index contributed by atoms with van der Waals surface area (Å²) in [5.41, 5.74) is 0. The van der Waals surface area contributed by atoms with Crippen LogP contribution < -0.4 is 0 Å². The Morgan fingerprint density at radius 1 is 1.36 bits per heavy atom. The lowest BCUT2D eigenvalue weighted by Gasteiger charge is -2.21. The highest BCUT2D eigenvalue weighted by Gasteiger charge is 2.33. The molecule has 11 heavy (non-hydrogen) atoms. The number of hydrogen-bond acceptors (Lipinski definition) is 2. The Morgan fingerprint density at radius 3 is 3.09 bits per heavy atom. The lowest BCUT2D eigenvalue weighted by atomic mass is 9.94. The average Bonchev–Trinajstić information content (AvgIpc) is 2.04. The molecule has 58 valence electrons. The molecule has 2 unspecified atom stereocenters. The molecule has 2 aliphatic rings. The Balaban J connectivity index is 2.12. The van der Waals surface area contributed by atoms with Crippen molar-refractivity contribution in [3.8, 4) is 0 Å². The number of fused-ring (bicyclic) bond motifs is 1. The average molecular weight is 152 g/mol. The Morgan fingerprint density at radius 2 is 2.18 bits per heavy atom. The van der Waals surface area contributed by atoms with Crippen molar-refractivity contribution in [2.24, 2.45) is 5.92 Å². The maximum atomic E-state index is 10.8. The van der Waals surface area contributed by atoms with Gasteiger partial charge in [0.05, 0.1) is 4.91 Å². The molecular weight excluding hydrogens is 142 g/mol. The lowest BCUT2D eigenvalue weighted by molar-refractivity contribution is -0.821. The van der Waals surface area contributed by atoms with Crippen molar-refractivity contribution < 1.29 is 9.76 Å². The zero-order valence-electron chi connectivity index (χ0n) is 6.14. The summed E-state index contributed by atoms with van der Waals surface area (Å²) in [5.74, 6) is 0.408. The molecule has 2 atom stereocenters. The Kier molecular flexibility index (Phi) is 1.49. The van der Waals surface area contributed by atoms with Crippen LogP contribution in [-0.2, 0) is 4.84 Å². The van der Waals surface area contributed by atoms with Crippen LogP contribution in [0.4, 0.5) is 0 Å². The predicted octanol–water partition coefficient (Wildman–Crippen LogP) is 1.21. The largest absolute Gasteiger partial charge is 0.249 e. The highest BCUT2D eigenvalue weighted by atomic mass is 16.8. The quantitative estimate of drug-likeness (QED) is 0.522. The molecule has 0 radical (unpaired) electrons. The van der Waals surface area contributed by atoms with E-state index in [1.54, 1.807) is 0 Å². The van der Waals surface area contributed by atoms with E-state index in [-0.39, 0.29) is 6.10 Å². The van der Waals surface area contributed by atoms with Gasteiger partial charge in [0, 0.05) is 12.3 Å². The first-order valence-electron chi connectivity index (χ1n) is 3.83. The minimum atomic E-state index is -0.0220. The molecule has 1 heterocycles. The molecule has 0 saturated carbocycles. The first-order valence-corrected chi connectivity index (χ1v) is 3.83. The molecule has 0 amide bonds. The van der Waals surface area contributed by atoms with Crippen molar-refractivity contribution in [3.05, 3.63) is 29.2 Å². The molecular formula is C8H10NO2+. The first kappa shape index (κ1) is 6.58. The SMILES string of the molecule is O=[N+]1CCC2C=CC=CC2O1. The van der Waals surface area contributed by atoms with Gasteiger partial charge in [0.2, 0.25) is 11.5 Å². The van der Waals surface area contributed by atoms with E-state index >= 15 is 0 Å². The fraction of sp³-hybridized carbons (Fsp3) is 0.500. The molecule has 0 N–H and O–H groups in total. The highest BCUT2D eigenvalue weighted by molar-refractivity contribution is 5.15. The van der Waals surface area contributed by atoms with E-state index in [4.69, 9.17) is 4.84 Å². The van der Waals surface area contributed by atoms with Crippen molar-refractivity contribution in [2.45, 2.75) is 12.5 Å². The van der Waals surface area contributed by atoms with Gasteiger partial charge in [-0.15, -0.1) is 0 Å². The monoisotopic (exact) mass is 152 g/mol. The summed E-state index contributed by atoms with van der Waals surface area (Å²) >= 11 is 0. The third kappa shape index (κ3) is 1.18. The minimum Gasteiger partial charge on any atom is -0.224 e. The van der Waals surface area contributed by atoms with E-state index in [2.05, 4.69) is 6.08 Å². The molecule has 0 aromatic heterocycles. The van der Waals surface area contributed by atoms with Crippen LogP contribution >= 0.6 is 0 Å². The van der Waals surface area contributed by atoms with Gasteiger partial charge in [0.25, 0.3) is 0 Å². The summed E-state index contributed by atoms with van der Waals surface area (Å²) in [4.78, 5) is 16.5. The van der Waals surface area contributed by atoms with E-state index in [0.717, 1.165) is 6.42 Å². The molecule has 0 aromatic rings. The summed E-state index contributed by atoms with van der Waals surface area (Å²) in [5, 5.41) is 0. The van der Waals surface area contributed by atoms with Crippen LogP contribution in [0.15, 0.2) is 24.3 Å². The fourth-order valence-corrected chi connectivity index (χ4v) is 1.45. The van der Waals surface area contributed by atoms with Crippen molar-refractivity contribution in [1.82, 2.24) is 0 Å². The van der Waals surface area contributed by atoms with E-state index in [1.165, 1.54) is 0 Å². The minimum absolute atomic E-state index is 0.0220. The molecule has 0 spiro atoms. The van der Waals surface area contributed by atoms with Gasteiger partial charge in [-0.2, -0.15) is 0 Å². The topological polar surface area (TPSA) is 29.3 Å². The third-order valence-corrected chi connectivity index (χ3v) is 2.08. The van der Waals surface area contributed by atoms with Gasteiger partial charge >= 0.3 is 0 Å². The number of nitrogens with zero attached hydrogens (tertiary/aromatic N) is 1. The Hall–Kier alpha value is -1.12. The Bertz CT molecular complexity index is 232. The molecule has 3 nitrogen and oxygen atoms in total. The number of allylic oxidation sites excluding steroid dienone is 2. The van der Waals surface area contributed by atoms with Crippen molar-refractivity contribution in [1.29, 1.82) is 0 Å². The van der Waals surface area contributed by atoms with Gasteiger partial charge < -0.3 is 0 Å². The molecule has 2 rings (SSSR count). The van der Waals surface area contributed by atoms with Crippen LogP contribution in [0.2, 0.25) is 0 Å². The summed E-state index contributed by atoms with van der Waals surface area (Å²) < 4.78 is 0. The van der Waals surface area contributed by atoms with Crippen LogP contribution in [-0.4, -0.2) is 17.6 Å². The molecule has 1 saturated heterocycles. The van der Waals surface area contributed by atoms with E-state index in [9.17, 15) is 4.91 Å². The molecule has 1 aliphatic carbocycles. The van der Waals surface area contributed by atoms with E-state index < -0.39 is 0 Å². The maximum absolute atomic E-state index is 10.8. The molecule has 0 aromatic carbocycles. The number of hydrogen-bond donors (Lipinski definition) is 0. The molecule has 3 heteroatoms. The molecule has 0 bridgehead atoms. The van der Waals surface area contributed by atoms with Gasteiger partial charge in [-0.1, -0.05) is 18.2 Å². The van der Waals surface area contributed by atoms with Gasteiger partial charge in [0.15, 0.2) is 6.10 Å². The standard InChI is InChI=1S/C8H10NO2/c10-9-6-5-7-3-1-2-4-8(7)11-9/h1-4,7-8H,5-6H2/q+1. The summed E-state index contributed by atoms with van der Waals surface area (Å²) in [6.45, 7) is 0.485. The second-order valence-corrected chi connectivity index (χ2v) is 2.85. The van der Waals surface area contributed by atoms with Gasteiger partial charge in [-0.3, -0.25) is 0 Å². The van der Waals surface area contributed by atoms with Crippen molar-refractivity contribution in [2.75, 3.05) is 6.54 Å². The number of rotatable bonds is 0. The second kappa shape index (κ2) is 2.49. The normalized spacial score (nSPS) is 34.7. The van der Waals surface area contributed by atoms with Crippen LogP contribution in [0.5, 0.6) is 0 Å². The smallest absolute Gasteiger partial charge is 0.224 e. The van der Waals surface area contributed by atoms with Crippen molar-refractivity contribution in [3.63, 3.8) is 0 Å². The third-order valence-electron chi connectivity index (χ3n) is 2.08. The molecule has 1 aliphatic heterocycles. The van der Waals surface area contributed by atoms with Crippen molar-refractivity contribution >= 4 is 0 Å². The van der Waals surface area contributed by atoms with Crippen LogP contribution in [0.1, 0.15) is 6.42 Å². The lowest BCUT2D eigenvalue weighted by Crippen LogP contribution is -2.34. The van der Waals surface area contributed by atoms with Gasteiger partial charge in [-0.05, 0) is 6.08 Å². The Labute approximate surface area is 64.9 Å². The first-order chi connectivity index (χ1) is 5.36. The molecule has 1 fully saturated rings. The second-order valence-electron chi connectivity index (χ2n) is 2.85. The van der Waals surface area contributed by atoms with Crippen LogP contribution in [0, 0.1) is 10.8 Å². The summed E-state index contributed by atoms with van der Waals surface area (Å²) in [6.07, 6.45) is 8.82. The van der Waals surface area contributed by atoms with E-state index in [0.29, 0.717) is 17.4 Å². The fourth-order valence-electron chi connectivity index (χ4n) is 1.45. The van der Waals surface area contributed by atoms with E-state index in [1.807, 2.05) is 18.2 Å². The van der Waals surface area contributed by atoms with Gasteiger partial charge in [0.1, 0.15) is 0 Å². The maximum Gasteiger partial charge on any atom is 0.249 e. The summed E-state index contributed by atoms with van der Waals surface area (Å²) in [6, 6.07) is 0.